The van der Waals surface area contributed by atoms with Gasteiger partial charge in [-0.15, -0.1) is 0 Å². The van der Waals surface area contributed by atoms with Crippen LogP contribution in [0.15, 0.2) is 42.7 Å². The molecule has 1 unspecified atom stereocenters. The van der Waals surface area contributed by atoms with Crippen molar-refractivity contribution in [1.82, 2.24) is 15.1 Å². The van der Waals surface area contributed by atoms with E-state index < -0.39 is 0 Å². The van der Waals surface area contributed by atoms with Crippen LogP contribution in [-0.2, 0) is 13.1 Å². The van der Waals surface area contributed by atoms with Crippen molar-refractivity contribution in [3.05, 3.63) is 53.3 Å². The molecule has 0 radical (unpaired) electrons. The van der Waals surface area contributed by atoms with Gasteiger partial charge in [-0.1, -0.05) is 29.8 Å². The zero-order valence-corrected chi connectivity index (χ0v) is 10.6. The van der Waals surface area contributed by atoms with Crippen LogP contribution in [0.4, 0.5) is 0 Å². The summed E-state index contributed by atoms with van der Waals surface area (Å²) in [5, 5.41) is 8.42. The standard InChI is InChI=1S/C13H16ClN3/c1-11(10-17-8-4-7-16-17)15-9-12-5-2-3-6-13(12)14/h2-8,11,15H,9-10H2,1H3. The first kappa shape index (κ1) is 12.1. The maximum Gasteiger partial charge on any atom is 0.0560 e. The molecule has 4 heteroatoms. The monoisotopic (exact) mass is 249 g/mol. The fraction of sp³-hybridized carbons (Fsp3) is 0.308. The van der Waals surface area contributed by atoms with Gasteiger partial charge in [-0.3, -0.25) is 4.68 Å². The maximum absolute atomic E-state index is 6.09. The molecule has 1 heterocycles. The molecular formula is C13H16ClN3. The van der Waals surface area contributed by atoms with Crippen LogP contribution < -0.4 is 5.32 Å². The molecule has 0 fully saturated rings. The maximum atomic E-state index is 6.09. The average Bonchev–Trinajstić information content (AvgIpc) is 2.81. The highest BCUT2D eigenvalue weighted by Gasteiger charge is 2.04. The lowest BCUT2D eigenvalue weighted by Gasteiger charge is -2.14. The van der Waals surface area contributed by atoms with Crippen molar-refractivity contribution in [3.63, 3.8) is 0 Å². The van der Waals surface area contributed by atoms with Gasteiger partial charge in [-0.25, -0.2) is 0 Å². The summed E-state index contributed by atoms with van der Waals surface area (Å²) in [5.74, 6) is 0. The van der Waals surface area contributed by atoms with E-state index in [4.69, 9.17) is 11.6 Å². The fourth-order valence-electron chi connectivity index (χ4n) is 1.68. The van der Waals surface area contributed by atoms with Gasteiger partial charge in [0.2, 0.25) is 0 Å². The molecule has 17 heavy (non-hydrogen) atoms. The molecule has 0 saturated carbocycles. The van der Waals surface area contributed by atoms with Crippen LogP contribution in [0.2, 0.25) is 5.02 Å². The van der Waals surface area contributed by atoms with Crippen LogP contribution in [0.1, 0.15) is 12.5 Å². The molecule has 0 bridgehead atoms. The second kappa shape index (κ2) is 5.84. The van der Waals surface area contributed by atoms with E-state index in [9.17, 15) is 0 Å². The van der Waals surface area contributed by atoms with Crippen LogP contribution in [-0.4, -0.2) is 15.8 Å². The Kier molecular flexibility index (Phi) is 4.18. The van der Waals surface area contributed by atoms with Crippen LogP contribution in [0.5, 0.6) is 0 Å². The lowest BCUT2D eigenvalue weighted by Crippen LogP contribution is -2.30. The van der Waals surface area contributed by atoms with Crippen molar-refractivity contribution >= 4 is 11.6 Å². The predicted octanol–water partition coefficient (Wildman–Crippen LogP) is 2.71. The average molecular weight is 250 g/mol. The van der Waals surface area contributed by atoms with E-state index in [0.717, 1.165) is 23.7 Å². The van der Waals surface area contributed by atoms with E-state index >= 15 is 0 Å². The van der Waals surface area contributed by atoms with Gasteiger partial charge in [0.1, 0.15) is 0 Å². The molecule has 0 saturated heterocycles. The Bertz CT molecular complexity index is 453. The molecule has 1 atom stereocenters. The number of rotatable bonds is 5. The van der Waals surface area contributed by atoms with E-state index in [1.54, 1.807) is 6.20 Å². The summed E-state index contributed by atoms with van der Waals surface area (Å²) < 4.78 is 1.92. The van der Waals surface area contributed by atoms with Gasteiger partial charge in [-0.05, 0) is 24.6 Å². The number of benzene rings is 1. The Balaban J connectivity index is 1.84. The van der Waals surface area contributed by atoms with Crippen molar-refractivity contribution in [2.75, 3.05) is 0 Å². The van der Waals surface area contributed by atoms with Gasteiger partial charge >= 0.3 is 0 Å². The Morgan fingerprint density at radius 2 is 2.18 bits per heavy atom. The minimum atomic E-state index is 0.353. The largest absolute Gasteiger partial charge is 0.308 e. The van der Waals surface area contributed by atoms with Crippen molar-refractivity contribution in [1.29, 1.82) is 0 Å². The van der Waals surface area contributed by atoms with Gasteiger partial charge < -0.3 is 5.32 Å². The van der Waals surface area contributed by atoms with Crippen LogP contribution in [0, 0.1) is 0 Å². The van der Waals surface area contributed by atoms with Gasteiger partial charge in [0, 0.05) is 30.0 Å². The summed E-state index contributed by atoms with van der Waals surface area (Å²) in [6.45, 7) is 3.78. The summed E-state index contributed by atoms with van der Waals surface area (Å²) in [5.41, 5.74) is 1.13. The zero-order chi connectivity index (χ0) is 12.1. The third-order valence-corrected chi connectivity index (χ3v) is 2.99. The van der Waals surface area contributed by atoms with Crippen LogP contribution in [0.25, 0.3) is 0 Å². The number of hydrogen-bond donors (Lipinski definition) is 1. The number of aromatic nitrogens is 2. The minimum absolute atomic E-state index is 0.353. The third-order valence-electron chi connectivity index (χ3n) is 2.62. The molecule has 1 aromatic heterocycles. The van der Waals surface area contributed by atoms with E-state index in [0.29, 0.717) is 6.04 Å². The number of hydrogen-bond acceptors (Lipinski definition) is 2. The molecule has 1 aromatic carbocycles. The summed E-state index contributed by atoms with van der Waals surface area (Å²) in [6.07, 6.45) is 3.76. The molecule has 3 nitrogen and oxygen atoms in total. The number of nitrogens with zero attached hydrogens (tertiary/aromatic N) is 2. The van der Waals surface area contributed by atoms with Crippen molar-refractivity contribution < 1.29 is 0 Å². The molecule has 2 aromatic rings. The van der Waals surface area contributed by atoms with Crippen molar-refractivity contribution in [2.24, 2.45) is 0 Å². The SMILES string of the molecule is CC(Cn1cccn1)NCc1ccccc1Cl. The molecule has 0 aliphatic heterocycles. The lowest BCUT2D eigenvalue weighted by molar-refractivity contribution is 0.451. The van der Waals surface area contributed by atoms with E-state index in [2.05, 4.69) is 17.3 Å². The molecule has 0 aliphatic rings. The van der Waals surface area contributed by atoms with Gasteiger partial charge in [0.25, 0.3) is 0 Å². The van der Waals surface area contributed by atoms with Gasteiger partial charge in [-0.2, -0.15) is 5.10 Å². The Morgan fingerprint density at radius 3 is 2.88 bits per heavy atom. The van der Waals surface area contributed by atoms with E-state index in [1.807, 2.05) is 41.2 Å². The Morgan fingerprint density at radius 1 is 1.35 bits per heavy atom. The van der Waals surface area contributed by atoms with Gasteiger partial charge in [0.15, 0.2) is 0 Å². The normalized spacial score (nSPS) is 12.6. The van der Waals surface area contributed by atoms with E-state index in [1.165, 1.54) is 0 Å². The van der Waals surface area contributed by atoms with Crippen molar-refractivity contribution in [3.8, 4) is 0 Å². The molecule has 90 valence electrons. The first-order valence-electron chi connectivity index (χ1n) is 5.70. The molecule has 1 N–H and O–H groups in total. The van der Waals surface area contributed by atoms with Gasteiger partial charge in [0.05, 0.1) is 6.54 Å². The summed E-state index contributed by atoms with van der Waals surface area (Å²) in [4.78, 5) is 0. The molecule has 0 spiro atoms. The molecular weight excluding hydrogens is 234 g/mol. The third kappa shape index (κ3) is 3.58. The highest BCUT2D eigenvalue weighted by Crippen LogP contribution is 2.14. The lowest BCUT2D eigenvalue weighted by atomic mass is 10.2. The second-order valence-electron chi connectivity index (χ2n) is 4.10. The highest BCUT2D eigenvalue weighted by molar-refractivity contribution is 6.31. The van der Waals surface area contributed by atoms with Crippen molar-refractivity contribution in [2.45, 2.75) is 26.1 Å². The highest BCUT2D eigenvalue weighted by atomic mass is 35.5. The summed E-state index contributed by atoms with van der Waals surface area (Å²) in [7, 11) is 0. The smallest absolute Gasteiger partial charge is 0.0560 e. The second-order valence-corrected chi connectivity index (χ2v) is 4.51. The Labute approximate surface area is 106 Å². The quantitative estimate of drug-likeness (QED) is 0.883. The first-order valence-corrected chi connectivity index (χ1v) is 6.07. The summed E-state index contributed by atoms with van der Waals surface area (Å²) >= 11 is 6.09. The summed E-state index contributed by atoms with van der Waals surface area (Å²) in [6, 6.07) is 10.2. The van der Waals surface area contributed by atoms with Crippen LogP contribution in [0.3, 0.4) is 0 Å². The van der Waals surface area contributed by atoms with E-state index in [-0.39, 0.29) is 0 Å². The molecule has 0 amide bonds. The molecule has 2 rings (SSSR count). The fourth-order valence-corrected chi connectivity index (χ4v) is 1.88. The predicted molar refractivity (Wildman–Crippen MR) is 70.0 cm³/mol. The first-order chi connectivity index (χ1) is 8.25. The number of halogens is 1. The Hall–Kier alpha value is -1.32. The molecule has 0 aliphatic carbocycles. The van der Waals surface area contributed by atoms with Crippen LogP contribution >= 0.6 is 11.6 Å². The zero-order valence-electron chi connectivity index (χ0n) is 9.81. The topological polar surface area (TPSA) is 29.9 Å². The number of nitrogens with one attached hydrogen (secondary N) is 1. The minimum Gasteiger partial charge on any atom is -0.308 e.